The standard InChI is InChI=1S/C34H33N2O2.3C2H6/c1-22-14-15-29(24(3)16-22)33-34(32-25(4)17-23(2)18-26(32)5)36-20-28-11-7-9-13-31(28)38-21-37-30-12-8-6-10-27(30)19-35-33;3*1-2/h6-21,33-34H,1-5H3;3*1-2H3/q+1;;;/t33-,34?;;;/m1.../s1. The van der Waals surface area contributed by atoms with Crippen LogP contribution in [0.25, 0.3) is 0 Å². The van der Waals surface area contributed by atoms with Gasteiger partial charge in [-0.25, -0.2) is 0 Å². The molecule has 1 heterocycles. The SMILES string of the molecule is CC.CC.CC.Cc1ccc([C@H]2N=Cc3ccccc3[O+]=COc3ccccc3C=NC2c2c(C)cc(C)cc2C)c(C)c1. The maximum absolute atomic E-state index is 5.92. The number of hydrogen-bond acceptors (Lipinski definition) is 3. The molecule has 0 N–H and O–H groups in total. The maximum Gasteiger partial charge on any atom is 0.485 e. The van der Waals surface area contributed by atoms with E-state index in [-0.39, 0.29) is 12.1 Å². The molecular weight excluding hydrogens is 540 g/mol. The lowest BCUT2D eigenvalue weighted by atomic mass is 9.86. The van der Waals surface area contributed by atoms with E-state index in [1.54, 1.807) is 0 Å². The largest absolute Gasteiger partial charge is 0.485 e. The van der Waals surface area contributed by atoms with E-state index in [0.29, 0.717) is 11.5 Å². The number of fused-ring (bicyclic) bond motifs is 2. The lowest BCUT2D eigenvalue weighted by Crippen LogP contribution is -2.13. The fourth-order valence-corrected chi connectivity index (χ4v) is 5.30. The van der Waals surface area contributed by atoms with E-state index in [4.69, 9.17) is 19.1 Å². The van der Waals surface area contributed by atoms with Crippen LogP contribution in [0.3, 0.4) is 0 Å². The van der Waals surface area contributed by atoms with Gasteiger partial charge in [0.2, 0.25) is 0 Å². The van der Waals surface area contributed by atoms with Crippen molar-refractivity contribution in [3.63, 3.8) is 0 Å². The van der Waals surface area contributed by atoms with Crippen LogP contribution in [-0.4, -0.2) is 18.9 Å². The summed E-state index contributed by atoms with van der Waals surface area (Å²) in [6.07, 6.45) is 3.81. The highest BCUT2D eigenvalue weighted by atomic mass is 16.6. The van der Waals surface area contributed by atoms with E-state index in [9.17, 15) is 0 Å². The predicted molar refractivity (Wildman–Crippen MR) is 190 cm³/mol. The van der Waals surface area contributed by atoms with Crippen LogP contribution in [0.4, 0.5) is 0 Å². The van der Waals surface area contributed by atoms with E-state index in [0.717, 1.165) is 16.7 Å². The summed E-state index contributed by atoms with van der Waals surface area (Å²) in [5.41, 5.74) is 10.2. The van der Waals surface area contributed by atoms with Crippen LogP contribution in [0.1, 0.15) is 104 Å². The van der Waals surface area contributed by atoms with E-state index < -0.39 is 0 Å². The Kier molecular flexibility index (Phi) is 15.0. The van der Waals surface area contributed by atoms with Crippen LogP contribution in [0, 0.1) is 34.6 Å². The number of hydrogen-bond donors (Lipinski definition) is 0. The first-order valence-electron chi connectivity index (χ1n) is 15.9. The molecule has 4 aromatic carbocycles. The number of benzene rings is 4. The normalized spacial score (nSPS) is 15.1. The van der Waals surface area contributed by atoms with Gasteiger partial charge in [0, 0.05) is 24.6 Å². The number of para-hydroxylation sites is 2. The van der Waals surface area contributed by atoms with Crippen molar-refractivity contribution >= 4 is 18.9 Å². The zero-order chi connectivity index (χ0) is 32.6. The Balaban J connectivity index is 0.00000106. The van der Waals surface area contributed by atoms with Crippen molar-refractivity contribution in [3.05, 3.63) is 129 Å². The average Bonchev–Trinajstić information content (AvgIpc) is 3.04. The summed E-state index contributed by atoms with van der Waals surface area (Å²) in [6.45, 7) is 24.1. The first-order valence-corrected chi connectivity index (χ1v) is 15.9. The summed E-state index contributed by atoms with van der Waals surface area (Å²) in [6, 6.07) is 26.2. The molecule has 232 valence electrons. The van der Waals surface area contributed by atoms with E-state index in [1.807, 2.05) is 103 Å². The van der Waals surface area contributed by atoms with Gasteiger partial charge in [-0.2, -0.15) is 0 Å². The van der Waals surface area contributed by atoms with Crippen molar-refractivity contribution in [2.24, 2.45) is 9.98 Å². The van der Waals surface area contributed by atoms with Crippen molar-refractivity contribution in [2.45, 2.75) is 88.2 Å². The fourth-order valence-electron chi connectivity index (χ4n) is 5.30. The Hall–Kier alpha value is -4.31. The van der Waals surface area contributed by atoms with Gasteiger partial charge in [0.15, 0.2) is 0 Å². The van der Waals surface area contributed by atoms with Gasteiger partial charge in [0.05, 0.1) is 11.1 Å². The van der Waals surface area contributed by atoms with Crippen molar-refractivity contribution in [1.82, 2.24) is 0 Å². The highest BCUT2D eigenvalue weighted by Crippen LogP contribution is 2.40. The molecule has 5 rings (SSSR count). The molecule has 0 fully saturated rings. The summed E-state index contributed by atoms with van der Waals surface area (Å²) in [7, 11) is 0. The zero-order valence-electron chi connectivity index (χ0n) is 28.6. The second kappa shape index (κ2) is 18.4. The summed E-state index contributed by atoms with van der Waals surface area (Å²) >= 11 is 0. The lowest BCUT2D eigenvalue weighted by Gasteiger charge is -2.26. The Morgan fingerprint density at radius 1 is 0.568 bits per heavy atom. The monoisotopic (exact) mass is 591 g/mol. The molecule has 0 aliphatic carbocycles. The summed E-state index contributed by atoms with van der Waals surface area (Å²) < 4.78 is 11.8. The Morgan fingerprint density at radius 2 is 1.11 bits per heavy atom. The van der Waals surface area contributed by atoms with Crippen LogP contribution in [0.15, 0.2) is 88.8 Å². The summed E-state index contributed by atoms with van der Waals surface area (Å²) in [5.74, 6) is 1.35. The number of rotatable bonds is 2. The van der Waals surface area contributed by atoms with Crippen LogP contribution in [0.2, 0.25) is 0 Å². The van der Waals surface area contributed by atoms with Gasteiger partial charge in [0.25, 0.3) is 11.5 Å². The van der Waals surface area contributed by atoms with Crippen molar-refractivity contribution < 1.29 is 9.16 Å². The third kappa shape index (κ3) is 9.09. The molecule has 0 saturated heterocycles. The van der Waals surface area contributed by atoms with Gasteiger partial charge >= 0.3 is 6.47 Å². The number of ether oxygens (including phenoxy) is 1. The van der Waals surface area contributed by atoms with Crippen molar-refractivity contribution in [1.29, 1.82) is 0 Å². The van der Waals surface area contributed by atoms with E-state index in [2.05, 4.69) is 65.0 Å². The van der Waals surface area contributed by atoms with Crippen molar-refractivity contribution in [2.75, 3.05) is 0 Å². The highest BCUT2D eigenvalue weighted by molar-refractivity contribution is 5.85. The second-order valence-electron chi connectivity index (χ2n) is 10.0. The summed E-state index contributed by atoms with van der Waals surface area (Å²) in [5, 5.41) is 0. The Bertz CT molecular complexity index is 1540. The predicted octanol–water partition coefficient (Wildman–Crippen LogP) is 11.1. The molecule has 1 unspecified atom stereocenters. The molecular formula is C40H51N2O2+. The van der Waals surface area contributed by atoms with Gasteiger partial charge in [-0.15, -0.1) is 0 Å². The molecule has 4 aromatic rings. The molecule has 0 saturated carbocycles. The van der Waals surface area contributed by atoms with Crippen LogP contribution in [-0.2, 0) is 4.42 Å². The Morgan fingerprint density at radius 3 is 1.77 bits per heavy atom. The third-order valence-electron chi connectivity index (χ3n) is 7.01. The zero-order valence-corrected chi connectivity index (χ0v) is 28.6. The first kappa shape index (κ1) is 35.9. The van der Waals surface area contributed by atoms with Crippen molar-refractivity contribution in [3.8, 4) is 11.5 Å². The number of aliphatic imine (C=N–C) groups is 2. The molecule has 0 amide bonds. The number of nitrogens with zero attached hydrogens (tertiary/aromatic N) is 2. The number of carbonyl (C=O) groups excluding carboxylic acids is 1. The molecule has 0 aromatic heterocycles. The van der Waals surface area contributed by atoms with Gasteiger partial charge < -0.3 is 0 Å². The molecule has 1 aliphatic heterocycles. The average molecular weight is 592 g/mol. The fraction of sp³-hybridized carbons (Fsp3) is 0.325. The third-order valence-corrected chi connectivity index (χ3v) is 7.01. The minimum atomic E-state index is -0.252. The van der Waals surface area contributed by atoms with E-state index in [1.165, 1.54) is 39.9 Å². The Labute approximate surface area is 266 Å². The smallest absolute Gasteiger partial charge is 0.282 e. The molecule has 0 spiro atoms. The van der Waals surface area contributed by atoms with Gasteiger partial charge in [-0.05, 0) is 74.6 Å². The lowest BCUT2D eigenvalue weighted by molar-refractivity contribution is -0.369. The molecule has 4 nitrogen and oxygen atoms in total. The van der Waals surface area contributed by atoms with Crippen LogP contribution < -0.4 is 4.74 Å². The topological polar surface area (TPSA) is 45.2 Å². The molecule has 2 atom stereocenters. The minimum Gasteiger partial charge on any atom is -0.282 e. The minimum absolute atomic E-state index is 0.251. The quantitative estimate of drug-likeness (QED) is 0.169. The van der Waals surface area contributed by atoms with Gasteiger partial charge in [-0.1, -0.05) is 107 Å². The molecule has 0 radical (unpaired) electrons. The highest BCUT2D eigenvalue weighted by Gasteiger charge is 2.28. The number of aryl methyl sites for hydroxylation is 5. The van der Waals surface area contributed by atoms with E-state index >= 15 is 0 Å². The molecule has 4 heteroatoms. The molecule has 1 aliphatic rings. The van der Waals surface area contributed by atoms with Crippen LogP contribution >= 0.6 is 0 Å². The van der Waals surface area contributed by atoms with Gasteiger partial charge in [-0.3, -0.25) is 19.1 Å². The maximum atomic E-state index is 5.92. The molecule has 0 bridgehead atoms. The summed E-state index contributed by atoms with van der Waals surface area (Å²) in [4.78, 5) is 10.5. The first-order chi connectivity index (χ1) is 21.4. The molecule has 44 heavy (non-hydrogen) atoms. The van der Waals surface area contributed by atoms with Crippen LogP contribution in [0.5, 0.6) is 11.5 Å². The second-order valence-corrected chi connectivity index (χ2v) is 10.0. The van der Waals surface area contributed by atoms with Gasteiger partial charge in [0.1, 0.15) is 12.1 Å².